The zero-order valence-corrected chi connectivity index (χ0v) is 18.0. The molecule has 0 aliphatic rings. The van der Waals surface area contributed by atoms with Gasteiger partial charge in [0.15, 0.2) is 0 Å². The number of carbonyl (C=O) groups is 1. The summed E-state index contributed by atoms with van der Waals surface area (Å²) < 4.78 is 24.6. The van der Waals surface area contributed by atoms with Crippen molar-refractivity contribution in [2.45, 2.75) is 45.8 Å². The minimum Gasteiger partial charge on any atom is -0.481 e. The lowest BCUT2D eigenvalue weighted by molar-refractivity contribution is 0.0176. The molecule has 1 aromatic carbocycles. The molecule has 2 aromatic heterocycles. The van der Waals surface area contributed by atoms with Crippen LogP contribution in [0, 0.1) is 5.82 Å². The van der Waals surface area contributed by atoms with Gasteiger partial charge in [0.05, 0.1) is 24.2 Å². The number of benzene rings is 1. The first kappa shape index (κ1) is 21.6. The number of pyridine rings is 1. The van der Waals surface area contributed by atoms with E-state index in [4.69, 9.17) is 9.47 Å². The number of fused-ring (bicyclic) bond motifs is 1. The quantitative estimate of drug-likeness (QED) is 0.599. The summed E-state index contributed by atoms with van der Waals surface area (Å²) in [6, 6.07) is 9.63. The third-order valence-electron chi connectivity index (χ3n) is 4.83. The highest BCUT2D eigenvalue weighted by Gasteiger charge is 2.27. The van der Waals surface area contributed by atoms with E-state index in [-0.39, 0.29) is 11.9 Å². The number of carbonyl (C=O) groups excluding carboxylic acids is 1. The van der Waals surface area contributed by atoms with Crippen molar-refractivity contribution in [1.82, 2.24) is 14.9 Å². The Labute approximate surface area is 176 Å². The van der Waals surface area contributed by atoms with Crippen molar-refractivity contribution in [3.63, 3.8) is 0 Å². The molecule has 1 atom stereocenters. The summed E-state index contributed by atoms with van der Waals surface area (Å²) in [5.74, 6) is 0.192. The van der Waals surface area contributed by atoms with Gasteiger partial charge < -0.3 is 19.4 Å². The fourth-order valence-electron chi connectivity index (χ4n) is 3.29. The van der Waals surface area contributed by atoms with Crippen LogP contribution in [0.5, 0.6) is 5.88 Å². The molecule has 0 spiro atoms. The molecule has 0 aliphatic carbocycles. The van der Waals surface area contributed by atoms with Gasteiger partial charge in [-0.3, -0.25) is 0 Å². The molecule has 0 saturated heterocycles. The molecule has 30 heavy (non-hydrogen) atoms. The smallest absolute Gasteiger partial charge is 0.410 e. The van der Waals surface area contributed by atoms with Crippen LogP contribution in [0.15, 0.2) is 42.6 Å². The van der Waals surface area contributed by atoms with Crippen molar-refractivity contribution >= 4 is 17.1 Å². The van der Waals surface area contributed by atoms with Crippen LogP contribution in [0.4, 0.5) is 9.18 Å². The van der Waals surface area contributed by atoms with E-state index in [1.165, 1.54) is 12.1 Å². The summed E-state index contributed by atoms with van der Waals surface area (Å²) in [5, 5.41) is 0. The molecule has 0 radical (unpaired) electrons. The molecule has 3 aromatic rings. The lowest BCUT2D eigenvalue weighted by Gasteiger charge is -2.32. The molecule has 2 heterocycles. The summed E-state index contributed by atoms with van der Waals surface area (Å²) in [5.41, 5.74) is 2.74. The number of hydrogen-bond acceptors (Lipinski definition) is 4. The summed E-state index contributed by atoms with van der Waals surface area (Å²) in [7, 11) is 1.57. The van der Waals surface area contributed by atoms with E-state index < -0.39 is 11.7 Å². The Morgan fingerprint density at radius 1 is 1.27 bits per heavy atom. The van der Waals surface area contributed by atoms with Crippen molar-refractivity contribution < 1.29 is 18.7 Å². The first-order chi connectivity index (χ1) is 14.2. The number of aromatic amines is 1. The summed E-state index contributed by atoms with van der Waals surface area (Å²) in [6.07, 6.45) is 2.00. The van der Waals surface area contributed by atoms with E-state index in [1.54, 1.807) is 24.1 Å². The third kappa shape index (κ3) is 5.09. The van der Waals surface area contributed by atoms with Crippen LogP contribution in [0.1, 0.15) is 44.9 Å². The highest BCUT2D eigenvalue weighted by Crippen LogP contribution is 2.25. The number of halogens is 1. The lowest BCUT2D eigenvalue weighted by atomic mass is 10.1. The SMILES string of the molecule is COc1ccc2[nH]cc(CCN(C(=O)OC(C)(C)C)C(C)c3cccc(F)c3)c2n1. The number of methoxy groups -OCH3 is 1. The average molecular weight is 413 g/mol. The van der Waals surface area contributed by atoms with Crippen LogP contribution >= 0.6 is 0 Å². The van der Waals surface area contributed by atoms with Crippen molar-refractivity contribution in [3.05, 3.63) is 59.5 Å². The second kappa shape index (κ2) is 8.73. The summed E-state index contributed by atoms with van der Waals surface area (Å²) in [6.45, 7) is 7.73. The first-order valence-corrected chi connectivity index (χ1v) is 9.94. The molecule has 7 heteroatoms. The van der Waals surface area contributed by atoms with E-state index in [2.05, 4.69) is 9.97 Å². The maximum atomic E-state index is 13.8. The number of H-pyrrole nitrogens is 1. The van der Waals surface area contributed by atoms with Crippen LogP contribution in [0.3, 0.4) is 0 Å². The van der Waals surface area contributed by atoms with Crippen molar-refractivity contribution in [3.8, 4) is 5.88 Å². The van der Waals surface area contributed by atoms with Crippen molar-refractivity contribution in [1.29, 1.82) is 0 Å². The van der Waals surface area contributed by atoms with Gasteiger partial charge in [0.2, 0.25) is 5.88 Å². The Bertz CT molecular complexity index is 1030. The van der Waals surface area contributed by atoms with E-state index in [0.29, 0.717) is 24.4 Å². The third-order valence-corrected chi connectivity index (χ3v) is 4.83. The summed E-state index contributed by atoms with van der Waals surface area (Å²) >= 11 is 0. The molecule has 3 rings (SSSR count). The van der Waals surface area contributed by atoms with Crippen LogP contribution in [0.25, 0.3) is 11.0 Å². The van der Waals surface area contributed by atoms with Gasteiger partial charge in [0.1, 0.15) is 11.4 Å². The van der Waals surface area contributed by atoms with E-state index >= 15 is 0 Å². The molecule has 1 unspecified atom stereocenters. The van der Waals surface area contributed by atoms with Crippen LogP contribution in [-0.2, 0) is 11.2 Å². The second-order valence-electron chi connectivity index (χ2n) is 8.22. The number of ether oxygens (including phenoxy) is 2. The Balaban J connectivity index is 1.86. The lowest BCUT2D eigenvalue weighted by Crippen LogP contribution is -2.39. The standard InChI is InChI=1S/C23H28FN3O3/c1-15(16-7-6-8-18(24)13-16)27(22(28)30-23(2,3)4)12-11-17-14-25-19-9-10-20(29-5)26-21(17)19/h6-10,13-15,25H,11-12H2,1-5H3. The Morgan fingerprint density at radius 3 is 2.70 bits per heavy atom. The first-order valence-electron chi connectivity index (χ1n) is 9.94. The highest BCUT2D eigenvalue weighted by atomic mass is 19.1. The normalized spacial score (nSPS) is 12.6. The molecule has 6 nitrogen and oxygen atoms in total. The predicted molar refractivity (Wildman–Crippen MR) is 114 cm³/mol. The molecule has 0 bridgehead atoms. The Kier molecular flexibility index (Phi) is 6.29. The van der Waals surface area contributed by atoms with Gasteiger partial charge in [-0.25, -0.2) is 14.2 Å². The predicted octanol–water partition coefficient (Wildman–Crippen LogP) is 5.25. The van der Waals surface area contributed by atoms with Gasteiger partial charge in [-0.2, -0.15) is 0 Å². The Morgan fingerprint density at radius 2 is 2.03 bits per heavy atom. The van der Waals surface area contributed by atoms with Crippen LogP contribution < -0.4 is 4.74 Å². The number of rotatable bonds is 6. The molecule has 160 valence electrons. The number of amides is 1. The monoisotopic (exact) mass is 413 g/mol. The summed E-state index contributed by atoms with van der Waals surface area (Å²) in [4.78, 5) is 22.3. The molecule has 1 amide bonds. The van der Waals surface area contributed by atoms with E-state index in [9.17, 15) is 9.18 Å². The van der Waals surface area contributed by atoms with Gasteiger partial charge in [-0.15, -0.1) is 0 Å². The van der Waals surface area contributed by atoms with Crippen molar-refractivity contribution in [2.75, 3.05) is 13.7 Å². The molecular weight excluding hydrogens is 385 g/mol. The molecular formula is C23H28FN3O3. The van der Waals surface area contributed by atoms with E-state index in [0.717, 1.165) is 16.6 Å². The second-order valence-corrected chi connectivity index (χ2v) is 8.22. The van der Waals surface area contributed by atoms with Gasteiger partial charge in [0, 0.05) is 18.8 Å². The number of hydrogen-bond donors (Lipinski definition) is 1. The molecule has 0 fully saturated rings. The van der Waals surface area contributed by atoms with E-state index in [1.807, 2.05) is 46.0 Å². The minimum atomic E-state index is -0.632. The number of nitrogens with one attached hydrogen (secondary N) is 1. The number of nitrogens with zero attached hydrogens (tertiary/aromatic N) is 2. The zero-order chi connectivity index (χ0) is 21.9. The minimum absolute atomic E-state index is 0.337. The van der Waals surface area contributed by atoms with Gasteiger partial charge >= 0.3 is 6.09 Å². The maximum Gasteiger partial charge on any atom is 0.410 e. The molecule has 0 saturated carbocycles. The fourth-order valence-corrected chi connectivity index (χ4v) is 3.29. The Hall–Kier alpha value is -3.09. The van der Waals surface area contributed by atoms with Gasteiger partial charge in [-0.1, -0.05) is 12.1 Å². The average Bonchev–Trinajstić information content (AvgIpc) is 3.08. The fraction of sp³-hybridized carbons (Fsp3) is 0.391. The van der Waals surface area contributed by atoms with Gasteiger partial charge in [0.25, 0.3) is 0 Å². The topological polar surface area (TPSA) is 67.5 Å². The van der Waals surface area contributed by atoms with Crippen LogP contribution in [0.2, 0.25) is 0 Å². The highest BCUT2D eigenvalue weighted by molar-refractivity contribution is 5.79. The molecule has 0 aliphatic heterocycles. The molecule has 1 N–H and O–H groups in total. The maximum absolute atomic E-state index is 13.8. The number of aromatic nitrogens is 2. The largest absolute Gasteiger partial charge is 0.481 e. The van der Waals surface area contributed by atoms with Gasteiger partial charge in [-0.05, 0) is 63.4 Å². The zero-order valence-electron chi connectivity index (χ0n) is 18.0. The van der Waals surface area contributed by atoms with Crippen LogP contribution in [-0.4, -0.2) is 40.2 Å². The van der Waals surface area contributed by atoms with Crippen molar-refractivity contribution in [2.24, 2.45) is 0 Å².